The molecular formula is C15H14F3NO. The molecule has 0 aliphatic heterocycles. The maximum Gasteiger partial charge on any atom is 0.416 e. The summed E-state index contributed by atoms with van der Waals surface area (Å²) >= 11 is 0. The van der Waals surface area contributed by atoms with Crippen molar-refractivity contribution in [2.24, 2.45) is 5.73 Å². The monoisotopic (exact) mass is 281 g/mol. The molecule has 0 bridgehead atoms. The van der Waals surface area contributed by atoms with Gasteiger partial charge in [0.15, 0.2) is 0 Å². The molecule has 0 radical (unpaired) electrons. The van der Waals surface area contributed by atoms with E-state index in [0.29, 0.717) is 11.3 Å². The molecule has 2 rings (SSSR count). The molecule has 106 valence electrons. The van der Waals surface area contributed by atoms with Crippen LogP contribution in [0.1, 0.15) is 22.7 Å². The van der Waals surface area contributed by atoms with Crippen molar-refractivity contribution in [1.29, 1.82) is 0 Å². The van der Waals surface area contributed by atoms with Crippen LogP contribution in [0.25, 0.3) is 0 Å². The van der Waals surface area contributed by atoms with Gasteiger partial charge in [-0.3, -0.25) is 0 Å². The van der Waals surface area contributed by atoms with E-state index >= 15 is 0 Å². The molecule has 0 unspecified atom stereocenters. The van der Waals surface area contributed by atoms with Gasteiger partial charge in [0.1, 0.15) is 5.75 Å². The van der Waals surface area contributed by atoms with Crippen LogP contribution >= 0.6 is 0 Å². The first-order chi connectivity index (χ1) is 9.41. The summed E-state index contributed by atoms with van der Waals surface area (Å²) in [5.41, 5.74) is 6.46. The third-order valence-electron chi connectivity index (χ3n) is 3.05. The first-order valence-electron chi connectivity index (χ1n) is 5.98. The molecule has 0 saturated carbocycles. The average molecular weight is 281 g/mol. The zero-order valence-corrected chi connectivity index (χ0v) is 10.8. The van der Waals surface area contributed by atoms with Crippen molar-refractivity contribution < 1.29 is 17.9 Å². The molecule has 0 amide bonds. The second kappa shape index (κ2) is 5.54. The molecule has 2 aromatic carbocycles. The summed E-state index contributed by atoms with van der Waals surface area (Å²) < 4.78 is 43.1. The van der Waals surface area contributed by atoms with Crippen molar-refractivity contribution in [3.8, 4) is 5.75 Å². The van der Waals surface area contributed by atoms with Crippen LogP contribution in [0.15, 0.2) is 48.5 Å². The van der Waals surface area contributed by atoms with Crippen molar-refractivity contribution in [1.82, 2.24) is 0 Å². The SMILES string of the molecule is COc1ccc([C@H](N)c2cccc(C(F)(F)F)c2)cc1. The minimum absolute atomic E-state index is 0.421. The van der Waals surface area contributed by atoms with Crippen molar-refractivity contribution in [3.05, 3.63) is 65.2 Å². The van der Waals surface area contributed by atoms with E-state index in [0.717, 1.165) is 17.7 Å². The summed E-state index contributed by atoms with van der Waals surface area (Å²) in [4.78, 5) is 0. The van der Waals surface area contributed by atoms with Crippen LogP contribution in [0, 0.1) is 0 Å². The highest BCUT2D eigenvalue weighted by atomic mass is 19.4. The molecule has 0 saturated heterocycles. The fourth-order valence-electron chi connectivity index (χ4n) is 1.91. The largest absolute Gasteiger partial charge is 0.497 e. The van der Waals surface area contributed by atoms with Gasteiger partial charge in [0, 0.05) is 0 Å². The van der Waals surface area contributed by atoms with E-state index in [1.54, 1.807) is 37.4 Å². The Morgan fingerprint density at radius 2 is 1.65 bits per heavy atom. The first-order valence-corrected chi connectivity index (χ1v) is 5.98. The van der Waals surface area contributed by atoms with Crippen LogP contribution in [0.3, 0.4) is 0 Å². The lowest BCUT2D eigenvalue weighted by Gasteiger charge is -2.15. The summed E-state index contributed by atoms with van der Waals surface area (Å²) in [5.74, 6) is 0.671. The predicted octanol–water partition coefficient (Wildman–Crippen LogP) is 3.76. The molecule has 5 heteroatoms. The zero-order chi connectivity index (χ0) is 14.8. The number of alkyl halides is 3. The zero-order valence-electron chi connectivity index (χ0n) is 10.8. The second-order valence-corrected chi connectivity index (χ2v) is 4.37. The number of halogens is 3. The van der Waals surface area contributed by atoms with Gasteiger partial charge in [-0.25, -0.2) is 0 Å². The number of nitrogens with two attached hydrogens (primary N) is 1. The van der Waals surface area contributed by atoms with Gasteiger partial charge in [-0.15, -0.1) is 0 Å². The van der Waals surface area contributed by atoms with E-state index < -0.39 is 17.8 Å². The van der Waals surface area contributed by atoms with Crippen LogP contribution < -0.4 is 10.5 Å². The molecule has 2 N–H and O–H groups in total. The molecule has 0 heterocycles. The highest BCUT2D eigenvalue weighted by Gasteiger charge is 2.30. The number of hydrogen-bond donors (Lipinski definition) is 1. The van der Waals surface area contributed by atoms with Crippen LogP contribution in [0.5, 0.6) is 5.75 Å². The van der Waals surface area contributed by atoms with Crippen molar-refractivity contribution in [3.63, 3.8) is 0 Å². The highest BCUT2D eigenvalue weighted by Crippen LogP contribution is 2.31. The Bertz CT molecular complexity index is 578. The third-order valence-corrected chi connectivity index (χ3v) is 3.05. The molecule has 1 atom stereocenters. The summed E-state index contributed by atoms with van der Waals surface area (Å²) in [6.45, 7) is 0. The molecule has 0 fully saturated rings. The molecule has 0 spiro atoms. The van der Waals surface area contributed by atoms with E-state index in [-0.39, 0.29) is 0 Å². The highest BCUT2D eigenvalue weighted by molar-refractivity contribution is 5.37. The van der Waals surface area contributed by atoms with Crippen molar-refractivity contribution in [2.75, 3.05) is 7.11 Å². The summed E-state index contributed by atoms with van der Waals surface area (Å²) in [7, 11) is 1.54. The van der Waals surface area contributed by atoms with E-state index in [2.05, 4.69) is 0 Å². The van der Waals surface area contributed by atoms with Crippen LogP contribution in [0.2, 0.25) is 0 Å². The van der Waals surface area contributed by atoms with Gasteiger partial charge in [-0.1, -0.05) is 24.3 Å². The molecule has 20 heavy (non-hydrogen) atoms. The van der Waals surface area contributed by atoms with Gasteiger partial charge in [-0.2, -0.15) is 13.2 Å². The van der Waals surface area contributed by atoms with Gasteiger partial charge in [0.05, 0.1) is 18.7 Å². The normalized spacial score (nSPS) is 13.1. The van der Waals surface area contributed by atoms with Gasteiger partial charge in [-0.05, 0) is 35.4 Å². The lowest BCUT2D eigenvalue weighted by Crippen LogP contribution is -2.13. The maximum absolute atomic E-state index is 12.7. The molecule has 2 nitrogen and oxygen atoms in total. The van der Waals surface area contributed by atoms with Crippen LogP contribution in [0.4, 0.5) is 13.2 Å². The average Bonchev–Trinajstić information content (AvgIpc) is 2.46. The molecule has 0 aromatic heterocycles. The lowest BCUT2D eigenvalue weighted by atomic mass is 9.98. The van der Waals surface area contributed by atoms with Gasteiger partial charge in [0.2, 0.25) is 0 Å². The Kier molecular flexibility index (Phi) is 3.99. The van der Waals surface area contributed by atoms with Crippen molar-refractivity contribution in [2.45, 2.75) is 12.2 Å². The number of rotatable bonds is 3. The Hall–Kier alpha value is -2.01. The first kappa shape index (κ1) is 14.4. The number of ether oxygens (including phenoxy) is 1. The van der Waals surface area contributed by atoms with Gasteiger partial charge >= 0.3 is 6.18 Å². The minimum atomic E-state index is -4.37. The number of hydrogen-bond acceptors (Lipinski definition) is 2. The number of methoxy groups -OCH3 is 1. The van der Waals surface area contributed by atoms with E-state index in [1.165, 1.54) is 6.07 Å². The Labute approximate surface area is 115 Å². The topological polar surface area (TPSA) is 35.2 Å². The Balaban J connectivity index is 2.30. The van der Waals surface area contributed by atoms with E-state index in [4.69, 9.17) is 10.5 Å². The Morgan fingerprint density at radius 1 is 1.00 bits per heavy atom. The molecular weight excluding hydrogens is 267 g/mol. The number of benzene rings is 2. The molecule has 0 aliphatic rings. The van der Waals surface area contributed by atoms with Crippen LogP contribution in [-0.4, -0.2) is 7.11 Å². The summed E-state index contributed by atoms with van der Waals surface area (Å²) in [5, 5.41) is 0. The van der Waals surface area contributed by atoms with Crippen molar-refractivity contribution >= 4 is 0 Å². The fraction of sp³-hybridized carbons (Fsp3) is 0.200. The molecule has 0 aliphatic carbocycles. The van der Waals surface area contributed by atoms with E-state index in [9.17, 15) is 13.2 Å². The third kappa shape index (κ3) is 3.11. The minimum Gasteiger partial charge on any atom is -0.497 e. The molecule has 2 aromatic rings. The lowest BCUT2D eigenvalue weighted by molar-refractivity contribution is -0.137. The van der Waals surface area contributed by atoms with E-state index in [1.807, 2.05) is 0 Å². The maximum atomic E-state index is 12.7. The predicted molar refractivity (Wildman–Crippen MR) is 70.5 cm³/mol. The van der Waals surface area contributed by atoms with Gasteiger partial charge < -0.3 is 10.5 Å². The van der Waals surface area contributed by atoms with Crippen LogP contribution in [-0.2, 0) is 6.18 Å². The summed E-state index contributed by atoms with van der Waals surface area (Å²) in [6, 6.07) is 11.4. The standard InChI is InChI=1S/C15H14F3NO/c1-20-13-7-5-10(6-8-13)14(19)11-3-2-4-12(9-11)15(16,17)18/h2-9,14H,19H2,1H3/t14-/m0/s1. The smallest absolute Gasteiger partial charge is 0.416 e. The second-order valence-electron chi connectivity index (χ2n) is 4.37. The Morgan fingerprint density at radius 3 is 2.20 bits per heavy atom. The van der Waals surface area contributed by atoms with Gasteiger partial charge in [0.25, 0.3) is 0 Å². The fourth-order valence-corrected chi connectivity index (χ4v) is 1.91. The quantitative estimate of drug-likeness (QED) is 0.929. The summed E-state index contributed by atoms with van der Waals surface area (Å²) in [6.07, 6.45) is -4.37.